The molecule has 2 aliphatic rings. The molecule has 2 N–H and O–H groups in total. The van der Waals surface area contributed by atoms with Crippen molar-refractivity contribution in [2.45, 2.75) is 38.1 Å². The standard InChI is InChI=1S/C18H24N4O3/c19-12-13-10-15(18(23)16(11-13)22(24)25)17(14-4-2-1-3-5-14)21-8-6-20-7-9-21/h10-11,14,17,20,23H,1-9H2/t17-/m1/s1. The fraction of sp³-hybridized carbons (Fsp3) is 0.611. The number of aromatic hydroxyl groups is 1. The molecule has 1 aromatic rings. The molecule has 1 aliphatic heterocycles. The smallest absolute Gasteiger partial charge is 0.312 e. The van der Waals surface area contributed by atoms with Gasteiger partial charge in [-0.25, -0.2) is 0 Å². The van der Waals surface area contributed by atoms with E-state index in [-0.39, 0.29) is 23.0 Å². The highest BCUT2D eigenvalue weighted by Crippen LogP contribution is 2.44. The van der Waals surface area contributed by atoms with Crippen LogP contribution in [0.4, 0.5) is 5.69 Å². The number of benzene rings is 1. The minimum absolute atomic E-state index is 0.0746. The largest absolute Gasteiger partial charge is 0.502 e. The summed E-state index contributed by atoms with van der Waals surface area (Å²) in [6.07, 6.45) is 5.62. The molecule has 7 heteroatoms. The summed E-state index contributed by atoms with van der Waals surface area (Å²) in [6, 6.07) is 4.73. The molecule has 25 heavy (non-hydrogen) atoms. The molecule has 0 spiro atoms. The van der Waals surface area contributed by atoms with E-state index in [1.54, 1.807) is 6.07 Å². The molecule has 0 aromatic heterocycles. The quantitative estimate of drug-likeness (QED) is 0.643. The third-order valence-corrected chi connectivity index (χ3v) is 5.41. The second kappa shape index (κ2) is 7.81. The lowest BCUT2D eigenvalue weighted by Crippen LogP contribution is -2.47. The van der Waals surface area contributed by atoms with Gasteiger partial charge in [0.05, 0.1) is 16.6 Å². The van der Waals surface area contributed by atoms with Crippen LogP contribution in [0.15, 0.2) is 12.1 Å². The molecule has 1 aromatic carbocycles. The Hall–Kier alpha value is -2.17. The van der Waals surface area contributed by atoms with Gasteiger partial charge >= 0.3 is 5.69 Å². The molecule has 1 heterocycles. The van der Waals surface area contributed by atoms with Gasteiger partial charge in [0.15, 0.2) is 5.75 Å². The van der Waals surface area contributed by atoms with Crippen LogP contribution in [0, 0.1) is 27.4 Å². The molecule has 134 valence electrons. The summed E-state index contributed by atoms with van der Waals surface area (Å²) in [6.45, 7) is 3.41. The summed E-state index contributed by atoms with van der Waals surface area (Å²) in [5, 5.41) is 34.6. The number of nitro benzene ring substituents is 1. The first kappa shape index (κ1) is 17.6. The molecule has 0 radical (unpaired) electrons. The van der Waals surface area contributed by atoms with Crippen LogP contribution in [0.25, 0.3) is 0 Å². The maximum Gasteiger partial charge on any atom is 0.312 e. The number of phenols is 1. The van der Waals surface area contributed by atoms with Gasteiger partial charge < -0.3 is 10.4 Å². The van der Waals surface area contributed by atoms with Crippen LogP contribution in [0.5, 0.6) is 5.75 Å². The highest BCUT2D eigenvalue weighted by atomic mass is 16.6. The van der Waals surface area contributed by atoms with Crippen molar-refractivity contribution in [2.24, 2.45) is 5.92 Å². The molecule has 3 rings (SSSR count). The Labute approximate surface area is 147 Å². The fourth-order valence-electron chi connectivity index (χ4n) is 4.23. The van der Waals surface area contributed by atoms with Crippen LogP contribution < -0.4 is 5.32 Å². The van der Waals surface area contributed by atoms with Crippen molar-refractivity contribution in [3.8, 4) is 11.8 Å². The van der Waals surface area contributed by atoms with E-state index in [9.17, 15) is 20.5 Å². The van der Waals surface area contributed by atoms with E-state index in [4.69, 9.17) is 0 Å². The fourth-order valence-corrected chi connectivity index (χ4v) is 4.23. The Kier molecular flexibility index (Phi) is 5.51. The van der Waals surface area contributed by atoms with Gasteiger partial charge in [-0.05, 0) is 24.8 Å². The lowest BCUT2D eigenvalue weighted by molar-refractivity contribution is -0.386. The first-order chi connectivity index (χ1) is 12.1. The summed E-state index contributed by atoms with van der Waals surface area (Å²) in [4.78, 5) is 13.0. The van der Waals surface area contributed by atoms with Gasteiger partial charge in [-0.15, -0.1) is 0 Å². The highest BCUT2D eigenvalue weighted by Gasteiger charge is 2.35. The Bertz CT molecular complexity index is 656. The minimum Gasteiger partial charge on any atom is -0.502 e. The van der Waals surface area contributed by atoms with E-state index in [0.29, 0.717) is 11.5 Å². The van der Waals surface area contributed by atoms with Crippen molar-refractivity contribution in [3.05, 3.63) is 33.4 Å². The third-order valence-electron chi connectivity index (χ3n) is 5.41. The summed E-state index contributed by atoms with van der Waals surface area (Å²) in [7, 11) is 0. The van der Waals surface area contributed by atoms with Gasteiger partial charge in [0, 0.05) is 43.9 Å². The SMILES string of the molecule is N#Cc1cc([C@@H](C2CCCCC2)N2CCNCC2)c(O)c([N+](=O)[O-])c1. The molecular weight excluding hydrogens is 320 g/mol. The number of nitro groups is 1. The van der Waals surface area contributed by atoms with Crippen molar-refractivity contribution in [3.63, 3.8) is 0 Å². The summed E-state index contributed by atoms with van der Waals surface area (Å²) >= 11 is 0. The number of nitrogens with one attached hydrogen (secondary N) is 1. The first-order valence-electron chi connectivity index (χ1n) is 8.98. The molecule has 7 nitrogen and oxygen atoms in total. The normalized spacial score (nSPS) is 20.8. The lowest BCUT2D eigenvalue weighted by Gasteiger charge is -2.41. The second-order valence-corrected chi connectivity index (χ2v) is 6.93. The number of nitriles is 1. The molecule has 2 fully saturated rings. The zero-order valence-electron chi connectivity index (χ0n) is 14.3. The van der Waals surface area contributed by atoms with Crippen molar-refractivity contribution in [1.29, 1.82) is 5.26 Å². The highest BCUT2D eigenvalue weighted by molar-refractivity contribution is 5.57. The number of rotatable bonds is 4. The van der Waals surface area contributed by atoms with Crippen LogP contribution in [-0.2, 0) is 0 Å². The Morgan fingerprint density at radius 1 is 1.28 bits per heavy atom. The second-order valence-electron chi connectivity index (χ2n) is 6.93. The third kappa shape index (κ3) is 3.75. The minimum atomic E-state index is -0.602. The van der Waals surface area contributed by atoms with Gasteiger partial charge in [0.25, 0.3) is 0 Å². The Balaban J connectivity index is 2.06. The van der Waals surface area contributed by atoms with Gasteiger partial charge in [-0.2, -0.15) is 5.26 Å². The number of phenolic OH excluding ortho intramolecular Hbond substituents is 1. The lowest BCUT2D eigenvalue weighted by atomic mass is 9.79. The van der Waals surface area contributed by atoms with Crippen molar-refractivity contribution in [2.75, 3.05) is 26.2 Å². The molecular formula is C18H24N4O3. The van der Waals surface area contributed by atoms with Crippen LogP contribution in [0.2, 0.25) is 0 Å². The molecule has 0 unspecified atom stereocenters. The number of hydrogen-bond acceptors (Lipinski definition) is 6. The molecule has 0 bridgehead atoms. The predicted molar refractivity (Wildman–Crippen MR) is 93.2 cm³/mol. The Morgan fingerprint density at radius 2 is 1.96 bits per heavy atom. The van der Waals surface area contributed by atoms with Crippen LogP contribution >= 0.6 is 0 Å². The van der Waals surface area contributed by atoms with Gasteiger partial charge in [0.2, 0.25) is 0 Å². The van der Waals surface area contributed by atoms with E-state index in [1.807, 2.05) is 6.07 Å². The number of hydrogen-bond donors (Lipinski definition) is 2. The average molecular weight is 344 g/mol. The van der Waals surface area contributed by atoms with E-state index < -0.39 is 4.92 Å². The first-order valence-corrected chi connectivity index (χ1v) is 8.98. The summed E-state index contributed by atoms with van der Waals surface area (Å²) in [5.41, 5.74) is 0.403. The number of nitrogens with zero attached hydrogens (tertiary/aromatic N) is 3. The summed E-state index contributed by atoms with van der Waals surface area (Å²) < 4.78 is 0. The maximum absolute atomic E-state index is 11.3. The molecule has 0 amide bonds. The monoisotopic (exact) mass is 344 g/mol. The topological polar surface area (TPSA) is 102 Å². The molecule has 1 aliphatic carbocycles. The van der Waals surface area contributed by atoms with Crippen molar-refractivity contribution < 1.29 is 10.0 Å². The van der Waals surface area contributed by atoms with Crippen LogP contribution in [0.1, 0.15) is 49.3 Å². The predicted octanol–water partition coefficient (Wildman–Crippen LogP) is 2.70. The molecule has 1 atom stereocenters. The van der Waals surface area contributed by atoms with E-state index in [1.165, 1.54) is 6.42 Å². The van der Waals surface area contributed by atoms with Crippen molar-refractivity contribution >= 4 is 5.69 Å². The Morgan fingerprint density at radius 3 is 2.56 bits per heavy atom. The zero-order chi connectivity index (χ0) is 17.8. The number of piperazine rings is 1. The van der Waals surface area contributed by atoms with Gasteiger partial charge in [-0.1, -0.05) is 19.3 Å². The van der Waals surface area contributed by atoms with E-state index >= 15 is 0 Å². The molecule has 1 saturated carbocycles. The molecule has 1 saturated heterocycles. The summed E-state index contributed by atoms with van der Waals surface area (Å²) in [5.74, 6) is 0.0735. The average Bonchev–Trinajstić information content (AvgIpc) is 2.65. The van der Waals surface area contributed by atoms with Gasteiger partial charge in [0.1, 0.15) is 0 Å². The zero-order valence-corrected chi connectivity index (χ0v) is 14.3. The van der Waals surface area contributed by atoms with Gasteiger partial charge in [-0.3, -0.25) is 15.0 Å². The van der Waals surface area contributed by atoms with Crippen molar-refractivity contribution in [1.82, 2.24) is 10.2 Å². The van der Waals surface area contributed by atoms with Crippen LogP contribution in [-0.4, -0.2) is 41.1 Å². The van der Waals surface area contributed by atoms with Crippen LogP contribution in [0.3, 0.4) is 0 Å². The van der Waals surface area contributed by atoms with E-state index in [0.717, 1.165) is 57.9 Å². The van der Waals surface area contributed by atoms with E-state index in [2.05, 4.69) is 10.2 Å². The maximum atomic E-state index is 11.3.